The number of fused-ring (bicyclic) bond motifs is 1. The molecule has 0 saturated heterocycles. The summed E-state index contributed by atoms with van der Waals surface area (Å²) in [7, 11) is -0.897. The number of ether oxygens (including phenoxy) is 1. The number of hydrogen-bond donors (Lipinski definition) is 0. The molecule has 0 bridgehead atoms. The van der Waals surface area contributed by atoms with Gasteiger partial charge in [0.25, 0.3) is 0 Å². The average Bonchev–Trinajstić information content (AvgIpc) is 2.73. The first-order valence-corrected chi connectivity index (χ1v) is 8.93. The van der Waals surface area contributed by atoms with E-state index in [0.717, 1.165) is 9.87 Å². The number of hydrogen-bond acceptors (Lipinski definition) is 3. The van der Waals surface area contributed by atoms with Gasteiger partial charge in [0.15, 0.2) is 5.82 Å². The lowest BCUT2D eigenvalue weighted by Crippen LogP contribution is -2.35. The van der Waals surface area contributed by atoms with E-state index in [2.05, 4.69) is 15.9 Å². The summed E-state index contributed by atoms with van der Waals surface area (Å²) in [6, 6.07) is 10.2. The lowest BCUT2D eigenvalue weighted by Gasteiger charge is -2.19. The zero-order chi connectivity index (χ0) is 16.8. The summed E-state index contributed by atoms with van der Waals surface area (Å²) in [5.41, 5.74) is 1.15. The quantitative estimate of drug-likeness (QED) is 0.793. The predicted octanol–water partition coefficient (Wildman–Crippen LogP) is 3.30. The maximum Gasteiger partial charge on any atom is 0.326 e. The number of rotatable bonds is 3. The second-order valence-corrected chi connectivity index (χ2v) is 7.80. The highest BCUT2D eigenvalue weighted by Crippen LogP contribution is 2.44. The molecule has 1 aliphatic rings. The van der Waals surface area contributed by atoms with Crippen LogP contribution in [0, 0.1) is 5.82 Å². The monoisotopic (exact) mass is 400 g/mol. The first-order chi connectivity index (χ1) is 10.9. The fraction of sp³-hybridized carbons (Fsp3) is 0.200. The van der Waals surface area contributed by atoms with Gasteiger partial charge in [0.1, 0.15) is 11.4 Å². The van der Waals surface area contributed by atoms with Gasteiger partial charge >= 0.3 is 10.2 Å². The maximum absolute atomic E-state index is 14.3. The van der Waals surface area contributed by atoms with Gasteiger partial charge in [-0.05, 0) is 45.8 Å². The molecule has 2 aromatic rings. The molecule has 1 aliphatic heterocycles. The summed E-state index contributed by atoms with van der Waals surface area (Å²) in [6.07, 6.45) is 0. The topological polar surface area (TPSA) is 49.9 Å². The molecule has 0 aliphatic carbocycles. The van der Waals surface area contributed by atoms with Crippen molar-refractivity contribution in [2.45, 2.75) is 6.54 Å². The third kappa shape index (κ3) is 2.55. The third-order valence-corrected chi connectivity index (χ3v) is 6.11. The molecule has 0 saturated carbocycles. The minimum Gasteiger partial charge on any atom is -0.497 e. The van der Waals surface area contributed by atoms with E-state index in [9.17, 15) is 12.8 Å². The van der Waals surface area contributed by atoms with Crippen LogP contribution in [0.4, 0.5) is 15.8 Å². The smallest absolute Gasteiger partial charge is 0.326 e. The first kappa shape index (κ1) is 16.1. The summed E-state index contributed by atoms with van der Waals surface area (Å²) in [5, 5.41) is 0. The SMILES string of the molecule is COc1ccc(CN2c3ccc(Br)c(F)c3N(C)S2(=O)=O)cc1. The van der Waals surface area contributed by atoms with E-state index in [1.165, 1.54) is 17.4 Å². The molecule has 8 heteroatoms. The summed E-state index contributed by atoms with van der Waals surface area (Å²) in [4.78, 5) is 0. The van der Waals surface area contributed by atoms with Crippen LogP contribution in [0.1, 0.15) is 5.56 Å². The van der Waals surface area contributed by atoms with E-state index in [1.54, 1.807) is 37.4 Å². The third-order valence-electron chi connectivity index (χ3n) is 3.74. The summed E-state index contributed by atoms with van der Waals surface area (Å²) < 4.78 is 47.0. The van der Waals surface area contributed by atoms with Crippen molar-refractivity contribution >= 4 is 37.5 Å². The lowest BCUT2D eigenvalue weighted by atomic mass is 10.2. The molecule has 2 aromatic carbocycles. The average molecular weight is 401 g/mol. The highest BCUT2D eigenvalue weighted by molar-refractivity contribution is 9.10. The van der Waals surface area contributed by atoms with Crippen LogP contribution >= 0.6 is 15.9 Å². The fourth-order valence-electron chi connectivity index (χ4n) is 2.48. The van der Waals surface area contributed by atoms with E-state index < -0.39 is 16.0 Å². The zero-order valence-corrected chi connectivity index (χ0v) is 14.9. The molecule has 0 amide bonds. The molecule has 0 radical (unpaired) electrons. The number of methoxy groups -OCH3 is 1. The Morgan fingerprint density at radius 2 is 1.83 bits per heavy atom. The molecule has 3 rings (SSSR count). The van der Waals surface area contributed by atoms with Gasteiger partial charge < -0.3 is 4.74 Å². The van der Waals surface area contributed by atoms with Gasteiger partial charge in [-0.25, -0.2) is 8.70 Å². The molecule has 0 atom stereocenters. The first-order valence-electron chi connectivity index (χ1n) is 6.74. The van der Waals surface area contributed by atoms with Crippen molar-refractivity contribution in [1.29, 1.82) is 0 Å². The normalized spacial score (nSPS) is 15.7. The minimum absolute atomic E-state index is 0.0490. The second-order valence-electron chi connectivity index (χ2n) is 5.06. The van der Waals surface area contributed by atoms with Crippen molar-refractivity contribution in [3.8, 4) is 5.75 Å². The standard InChI is InChI=1S/C15H14BrFN2O3S/c1-18-15-13(8-7-12(16)14(15)17)19(23(18,20)21)9-10-3-5-11(22-2)6-4-10/h3-8H,9H2,1-2H3. The Kier molecular flexibility index (Phi) is 3.97. The van der Waals surface area contributed by atoms with Gasteiger partial charge in [-0.3, -0.25) is 4.31 Å². The Labute approximate surface area is 142 Å². The highest BCUT2D eigenvalue weighted by Gasteiger charge is 2.40. The van der Waals surface area contributed by atoms with Crippen LogP contribution in [0.5, 0.6) is 5.75 Å². The molecule has 23 heavy (non-hydrogen) atoms. The molecular weight excluding hydrogens is 387 g/mol. The number of nitrogens with zero attached hydrogens (tertiary/aromatic N) is 2. The van der Waals surface area contributed by atoms with Crippen LogP contribution in [0.2, 0.25) is 0 Å². The van der Waals surface area contributed by atoms with Crippen molar-refractivity contribution in [2.24, 2.45) is 0 Å². The van der Waals surface area contributed by atoms with Gasteiger partial charge in [-0.2, -0.15) is 8.42 Å². The van der Waals surface area contributed by atoms with Gasteiger partial charge in [-0.15, -0.1) is 0 Å². The number of halogens is 2. The largest absolute Gasteiger partial charge is 0.497 e. The predicted molar refractivity (Wildman–Crippen MR) is 90.6 cm³/mol. The van der Waals surface area contributed by atoms with E-state index >= 15 is 0 Å². The van der Waals surface area contributed by atoms with Crippen molar-refractivity contribution in [3.05, 3.63) is 52.3 Å². The molecule has 0 fully saturated rings. The molecule has 122 valence electrons. The molecule has 0 aromatic heterocycles. The van der Waals surface area contributed by atoms with Crippen molar-refractivity contribution in [1.82, 2.24) is 0 Å². The van der Waals surface area contributed by atoms with Gasteiger partial charge in [0.05, 0.1) is 23.8 Å². The van der Waals surface area contributed by atoms with Gasteiger partial charge in [-0.1, -0.05) is 12.1 Å². The lowest BCUT2D eigenvalue weighted by molar-refractivity contribution is 0.414. The van der Waals surface area contributed by atoms with Gasteiger partial charge in [0.2, 0.25) is 0 Å². The van der Waals surface area contributed by atoms with Crippen molar-refractivity contribution < 1.29 is 17.5 Å². The Hall–Kier alpha value is -1.80. The zero-order valence-electron chi connectivity index (χ0n) is 12.5. The van der Waals surface area contributed by atoms with Gasteiger partial charge in [0, 0.05) is 7.05 Å². The van der Waals surface area contributed by atoms with E-state index in [0.29, 0.717) is 11.4 Å². The van der Waals surface area contributed by atoms with E-state index in [4.69, 9.17) is 4.74 Å². The number of anilines is 2. The highest BCUT2D eigenvalue weighted by atomic mass is 79.9. The minimum atomic E-state index is -3.80. The molecular formula is C15H14BrFN2O3S. The Bertz CT molecular complexity index is 856. The van der Waals surface area contributed by atoms with Crippen LogP contribution in [0.25, 0.3) is 0 Å². The maximum atomic E-state index is 14.3. The summed E-state index contributed by atoms with van der Waals surface area (Å²) in [5.74, 6) is 0.0938. The van der Waals surface area contributed by atoms with Crippen molar-refractivity contribution in [2.75, 3.05) is 22.8 Å². The second kappa shape index (κ2) is 5.68. The molecule has 0 N–H and O–H groups in total. The van der Waals surface area contributed by atoms with Crippen LogP contribution < -0.4 is 13.3 Å². The Morgan fingerprint density at radius 3 is 2.43 bits per heavy atom. The molecule has 0 unspecified atom stereocenters. The molecule has 5 nitrogen and oxygen atoms in total. The molecule has 0 spiro atoms. The fourth-order valence-corrected chi connectivity index (χ4v) is 4.21. The van der Waals surface area contributed by atoms with Crippen LogP contribution in [-0.4, -0.2) is 22.6 Å². The van der Waals surface area contributed by atoms with Crippen LogP contribution in [0.15, 0.2) is 40.9 Å². The van der Waals surface area contributed by atoms with E-state index in [1.807, 2.05) is 0 Å². The molecule has 1 heterocycles. The summed E-state index contributed by atoms with van der Waals surface area (Å²) in [6.45, 7) is 0.116. The number of benzene rings is 2. The van der Waals surface area contributed by atoms with E-state index in [-0.39, 0.29) is 16.7 Å². The summed E-state index contributed by atoms with van der Waals surface area (Å²) >= 11 is 3.09. The Balaban J connectivity index is 2.04. The van der Waals surface area contributed by atoms with Crippen LogP contribution in [0.3, 0.4) is 0 Å². The van der Waals surface area contributed by atoms with Crippen molar-refractivity contribution in [3.63, 3.8) is 0 Å². The Morgan fingerprint density at radius 1 is 1.17 bits per heavy atom. The van der Waals surface area contributed by atoms with Crippen LogP contribution in [-0.2, 0) is 16.8 Å².